The van der Waals surface area contributed by atoms with Crippen molar-refractivity contribution in [3.8, 4) is 0 Å². The molecule has 5 nitrogen and oxygen atoms in total. The molecule has 1 aromatic heterocycles. The van der Waals surface area contributed by atoms with Gasteiger partial charge in [0.25, 0.3) is 5.91 Å². The second kappa shape index (κ2) is 7.17. The number of imidazole rings is 1. The third-order valence-corrected chi connectivity index (χ3v) is 4.43. The number of amides is 1. The third kappa shape index (κ3) is 4.01. The Hall–Kier alpha value is -1.95. The number of carbonyl (C=O) groups is 1. The topological polar surface area (TPSA) is 64.0 Å². The van der Waals surface area contributed by atoms with Crippen LogP contribution >= 0.6 is 0 Å². The van der Waals surface area contributed by atoms with Gasteiger partial charge < -0.3 is 9.88 Å². The van der Waals surface area contributed by atoms with Gasteiger partial charge in [-0.2, -0.15) is 0 Å². The quantitative estimate of drug-likeness (QED) is 0.885. The van der Waals surface area contributed by atoms with Crippen molar-refractivity contribution < 1.29 is 9.00 Å². The van der Waals surface area contributed by atoms with Crippen LogP contribution < -0.4 is 5.32 Å². The molecule has 2 atom stereocenters. The highest BCUT2D eigenvalue weighted by Gasteiger charge is 2.16. The summed E-state index contributed by atoms with van der Waals surface area (Å²) < 4.78 is 13.9. The van der Waals surface area contributed by atoms with Crippen molar-refractivity contribution in [2.75, 3.05) is 5.75 Å². The fraction of sp³-hybridized carbons (Fsp3) is 0.333. The molecule has 0 aliphatic carbocycles. The van der Waals surface area contributed by atoms with Crippen LogP contribution in [0.1, 0.15) is 24.2 Å². The lowest BCUT2D eigenvalue weighted by Crippen LogP contribution is -2.36. The molecule has 0 spiro atoms. The minimum atomic E-state index is -1.14. The van der Waals surface area contributed by atoms with Crippen LogP contribution in [-0.4, -0.2) is 31.5 Å². The van der Waals surface area contributed by atoms with E-state index in [-0.39, 0.29) is 11.9 Å². The molecule has 0 fully saturated rings. The molecule has 0 saturated heterocycles. The number of benzene rings is 1. The first kappa shape index (κ1) is 15.4. The maximum atomic E-state index is 12.4. The minimum Gasteiger partial charge on any atom is -0.348 e. The lowest BCUT2D eigenvalue weighted by Gasteiger charge is -2.15. The molecule has 0 saturated carbocycles. The van der Waals surface area contributed by atoms with Gasteiger partial charge in [-0.1, -0.05) is 19.1 Å². The summed E-state index contributed by atoms with van der Waals surface area (Å²) in [5.74, 6) is 0.300. The summed E-state index contributed by atoms with van der Waals surface area (Å²) >= 11 is 0. The molecule has 0 aliphatic heterocycles. The van der Waals surface area contributed by atoms with Crippen LogP contribution in [0.25, 0.3) is 0 Å². The van der Waals surface area contributed by atoms with Gasteiger partial charge in [-0.05, 0) is 19.1 Å². The van der Waals surface area contributed by atoms with Crippen LogP contribution in [-0.2, 0) is 17.3 Å². The van der Waals surface area contributed by atoms with E-state index in [1.165, 1.54) is 0 Å². The van der Waals surface area contributed by atoms with Crippen LogP contribution in [0.15, 0.2) is 47.9 Å². The van der Waals surface area contributed by atoms with E-state index in [0.717, 1.165) is 0 Å². The van der Waals surface area contributed by atoms with Crippen molar-refractivity contribution in [3.05, 3.63) is 48.5 Å². The molecular formula is C15H19N3O2S. The monoisotopic (exact) mass is 305 g/mol. The normalized spacial score (nSPS) is 13.6. The van der Waals surface area contributed by atoms with Crippen molar-refractivity contribution in [1.29, 1.82) is 0 Å². The Morgan fingerprint density at radius 2 is 2.19 bits per heavy atom. The highest BCUT2D eigenvalue weighted by atomic mass is 32.2. The van der Waals surface area contributed by atoms with Crippen molar-refractivity contribution in [1.82, 2.24) is 14.9 Å². The standard InChI is InChI=1S/C15H19N3O2S/c1-3-21(20)14-7-5-4-6-13(14)15(19)17-12(2)10-18-9-8-16-11-18/h4-9,11-12H,3,10H2,1-2H3,(H,17,19)/t12-,21-/m0/s1. The lowest BCUT2D eigenvalue weighted by molar-refractivity contribution is 0.0933. The molecule has 112 valence electrons. The van der Waals surface area contributed by atoms with E-state index >= 15 is 0 Å². The largest absolute Gasteiger partial charge is 0.348 e. The summed E-state index contributed by atoms with van der Waals surface area (Å²) in [5.41, 5.74) is 0.482. The molecule has 21 heavy (non-hydrogen) atoms. The first-order valence-electron chi connectivity index (χ1n) is 6.85. The van der Waals surface area contributed by atoms with E-state index in [4.69, 9.17) is 0 Å². The van der Waals surface area contributed by atoms with Gasteiger partial charge in [0.2, 0.25) is 0 Å². The number of carbonyl (C=O) groups excluding carboxylic acids is 1. The molecule has 1 amide bonds. The fourth-order valence-corrected chi connectivity index (χ4v) is 3.01. The molecule has 0 unspecified atom stereocenters. The van der Waals surface area contributed by atoms with Gasteiger partial charge >= 0.3 is 0 Å². The van der Waals surface area contributed by atoms with Gasteiger partial charge in [0.05, 0.1) is 27.6 Å². The molecule has 0 bridgehead atoms. The number of hydrogen-bond donors (Lipinski definition) is 1. The van der Waals surface area contributed by atoms with Crippen LogP contribution in [0, 0.1) is 0 Å². The van der Waals surface area contributed by atoms with Gasteiger partial charge in [-0.3, -0.25) is 9.00 Å². The van der Waals surface area contributed by atoms with Gasteiger partial charge in [0.15, 0.2) is 0 Å². The molecule has 2 rings (SSSR count). The zero-order valence-electron chi connectivity index (χ0n) is 12.2. The predicted octanol–water partition coefficient (Wildman–Crippen LogP) is 1.83. The summed E-state index contributed by atoms with van der Waals surface area (Å²) in [6, 6.07) is 6.99. The third-order valence-electron chi connectivity index (χ3n) is 3.06. The second-order valence-electron chi connectivity index (χ2n) is 4.76. The summed E-state index contributed by atoms with van der Waals surface area (Å²) in [6.07, 6.45) is 5.26. The zero-order valence-corrected chi connectivity index (χ0v) is 13.0. The summed E-state index contributed by atoms with van der Waals surface area (Å²) in [4.78, 5) is 16.9. The lowest BCUT2D eigenvalue weighted by atomic mass is 10.2. The van der Waals surface area contributed by atoms with Crippen molar-refractivity contribution in [2.24, 2.45) is 0 Å². The highest BCUT2D eigenvalue weighted by molar-refractivity contribution is 7.85. The Bertz CT molecular complexity index is 626. The van der Waals surface area contributed by atoms with Gasteiger partial charge in [-0.25, -0.2) is 4.98 Å². The van der Waals surface area contributed by atoms with Crippen LogP contribution in [0.2, 0.25) is 0 Å². The van der Waals surface area contributed by atoms with Gasteiger partial charge in [0.1, 0.15) is 0 Å². The minimum absolute atomic E-state index is 0.0465. The van der Waals surface area contributed by atoms with E-state index in [1.54, 1.807) is 36.8 Å². The summed E-state index contributed by atoms with van der Waals surface area (Å²) in [5, 5.41) is 2.93. The van der Waals surface area contributed by atoms with Crippen LogP contribution in [0.4, 0.5) is 0 Å². The molecule has 2 aromatic rings. The zero-order chi connectivity index (χ0) is 15.2. The molecule has 6 heteroatoms. The number of nitrogens with zero attached hydrogens (tertiary/aromatic N) is 2. The number of nitrogens with one attached hydrogen (secondary N) is 1. The van der Waals surface area contributed by atoms with Crippen molar-refractivity contribution in [3.63, 3.8) is 0 Å². The van der Waals surface area contributed by atoms with E-state index < -0.39 is 10.8 Å². The predicted molar refractivity (Wildman–Crippen MR) is 82.5 cm³/mol. The van der Waals surface area contributed by atoms with Crippen molar-refractivity contribution >= 4 is 16.7 Å². The second-order valence-corrected chi connectivity index (χ2v) is 6.47. The first-order valence-corrected chi connectivity index (χ1v) is 8.17. The molecule has 1 heterocycles. The fourth-order valence-electron chi connectivity index (χ4n) is 2.07. The average molecular weight is 305 g/mol. The maximum absolute atomic E-state index is 12.4. The number of rotatable bonds is 6. The molecular weight excluding hydrogens is 286 g/mol. The van der Waals surface area contributed by atoms with Gasteiger partial charge in [0, 0.05) is 30.7 Å². The smallest absolute Gasteiger partial charge is 0.252 e. The maximum Gasteiger partial charge on any atom is 0.252 e. The van der Waals surface area contributed by atoms with Crippen molar-refractivity contribution in [2.45, 2.75) is 31.3 Å². The van der Waals surface area contributed by atoms with Crippen LogP contribution in [0.5, 0.6) is 0 Å². The Morgan fingerprint density at radius 3 is 2.86 bits per heavy atom. The summed E-state index contributed by atoms with van der Waals surface area (Å²) in [6.45, 7) is 4.41. The Balaban J connectivity index is 2.08. The molecule has 1 N–H and O–H groups in total. The van der Waals surface area contributed by atoms with E-state index in [2.05, 4.69) is 10.3 Å². The number of hydrogen-bond acceptors (Lipinski definition) is 3. The van der Waals surface area contributed by atoms with E-state index in [0.29, 0.717) is 22.8 Å². The van der Waals surface area contributed by atoms with Gasteiger partial charge in [-0.15, -0.1) is 0 Å². The Kier molecular flexibility index (Phi) is 5.27. The molecule has 0 aliphatic rings. The Morgan fingerprint density at radius 1 is 1.43 bits per heavy atom. The average Bonchev–Trinajstić information content (AvgIpc) is 2.99. The molecule has 1 aromatic carbocycles. The molecule has 0 radical (unpaired) electrons. The summed E-state index contributed by atoms with van der Waals surface area (Å²) in [7, 11) is -1.14. The SMILES string of the molecule is CC[S@](=O)c1ccccc1C(=O)N[C@@H](C)Cn1ccnc1. The Labute approximate surface area is 126 Å². The highest BCUT2D eigenvalue weighted by Crippen LogP contribution is 2.14. The van der Waals surface area contributed by atoms with E-state index in [9.17, 15) is 9.00 Å². The van der Waals surface area contributed by atoms with Crippen LogP contribution in [0.3, 0.4) is 0 Å². The first-order chi connectivity index (χ1) is 10.1. The number of aromatic nitrogens is 2. The van der Waals surface area contributed by atoms with E-state index in [1.807, 2.05) is 24.6 Å².